The van der Waals surface area contributed by atoms with E-state index in [1.54, 1.807) is 13.8 Å². The van der Waals surface area contributed by atoms with E-state index in [4.69, 9.17) is 14.2 Å². The maximum absolute atomic E-state index is 11.8. The lowest BCUT2D eigenvalue weighted by molar-refractivity contribution is -0.162. The Balaban J connectivity index is 2.35. The fraction of sp³-hybridized carbons (Fsp3) is 0.556. The lowest BCUT2D eigenvalue weighted by Crippen LogP contribution is -2.28. The average molecular weight is 322 g/mol. The van der Waals surface area contributed by atoms with Crippen molar-refractivity contribution < 1.29 is 23.8 Å². The molecular weight excluding hydrogens is 296 g/mol. The number of carbonyl (C=O) groups is 2. The van der Waals surface area contributed by atoms with Crippen molar-refractivity contribution in [2.75, 3.05) is 19.8 Å². The number of benzene rings is 1. The zero-order chi connectivity index (χ0) is 17.1. The number of hydrogen-bond donors (Lipinski definition) is 0. The number of rotatable bonds is 10. The fourth-order valence-electron chi connectivity index (χ4n) is 2.09. The lowest BCUT2D eigenvalue weighted by Gasteiger charge is -2.14. The van der Waals surface area contributed by atoms with Crippen LogP contribution in [-0.4, -0.2) is 31.8 Å². The van der Waals surface area contributed by atoms with Crippen molar-refractivity contribution in [1.82, 2.24) is 0 Å². The Bertz CT molecular complexity index is 463. The fourth-order valence-corrected chi connectivity index (χ4v) is 2.09. The normalized spacial score (nSPS) is 10.4. The van der Waals surface area contributed by atoms with Crippen LogP contribution < -0.4 is 4.74 Å². The highest BCUT2D eigenvalue weighted by Crippen LogP contribution is 2.15. The van der Waals surface area contributed by atoms with Gasteiger partial charge in [-0.2, -0.15) is 0 Å². The van der Waals surface area contributed by atoms with Gasteiger partial charge in [-0.05, 0) is 52.2 Å². The van der Waals surface area contributed by atoms with E-state index in [-0.39, 0.29) is 13.2 Å². The smallest absolute Gasteiger partial charge is 0.320 e. The van der Waals surface area contributed by atoms with Gasteiger partial charge in [-0.25, -0.2) is 0 Å². The Labute approximate surface area is 137 Å². The van der Waals surface area contributed by atoms with Gasteiger partial charge in [-0.3, -0.25) is 9.59 Å². The van der Waals surface area contributed by atoms with Crippen LogP contribution in [0.5, 0.6) is 5.75 Å². The van der Waals surface area contributed by atoms with Gasteiger partial charge in [0, 0.05) is 0 Å². The molecule has 5 nitrogen and oxygen atoms in total. The average Bonchev–Trinajstić information content (AvgIpc) is 2.53. The predicted octanol–water partition coefficient (Wildman–Crippen LogP) is 3.29. The summed E-state index contributed by atoms with van der Waals surface area (Å²) in [6, 6.07) is 7.84. The summed E-state index contributed by atoms with van der Waals surface area (Å²) >= 11 is 0. The largest absolute Gasteiger partial charge is 0.494 e. The van der Waals surface area contributed by atoms with E-state index >= 15 is 0 Å². The lowest BCUT2D eigenvalue weighted by atomic mass is 10.0. The second kappa shape index (κ2) is 10.6. The predicted molar refractivity (Wildman–Crippen MR) is 87.3 cm³/mol. The summed E-state index contributed by atoms with van der Waals surface area (Å²) < 4.78 is 15.5. The van der Waals surface area contributed by atoms with Gasteiger partial charge in [0.1, 0.15) is 5.75 Å². The SMILES string of the molecule is CCOC(=O)C(CCCCOc1ccc(C)cc1)C(=O)OCC. The van der Waals surface area contributed by atoms with Crippen LogP contribution in [0.3, 0.4) is 0 Å². The third-order valence-corrected chi connectivity index (χ3v) is 3.32. The first-order chi connectivity index (χ1) is 11.1. The molecule has 0 aliphatic heterocycles. The molecule has 23 heavy (non-hydrogen) atoms. The van der Waals surface area contributed by atoms with Gasteiger partial charge in [-0.15, -0.1) is 0 Å². The molecule has 1 rings (SSSR count). The summed E-state index contributed by atoms with van der Waals surface area (Å²) in [5, 5.41) is 0. The molecule has 0 atom stereocenters. The zero-order valence-electron chi connectivity index (χ0n) is 14.2. The Morgan fingerprint density at radius 3 is 2.04 bits per heavy atom. The molecule has 0 amide bonds. The van der Waals surface area contributed by atoms with Crippen LogP contribution in [0, 0.1) is 12.8 Å². The van der Waals surface area contributed by atoms with Crippen LogP contribution in [0.15, 0.2) is 24.3 Å². The van der Waals surface area contributed by atoms with Crippen molar-refractivity contribution in [1.29, 1.82) is 0 Å². The molecule has 1 aromatic carbocycles. The van der Waals surface area contributed by atoms with E-state index in [9.17, 15) is 9.59 Å². The standard InChI is InChI=1S/C18H26O5/c1-4-21-17(19)16(18(20)22-5-2)8-6-7-13-23-15-11-9-14(3)10-12-15/h9-12,16H,4-8,13H2,1-3H3. The number of carbonyl (C=O) groups excluding carboxylic acids is 2. The minimum atomic E-state index is -0.839. The molecule has 0 N–H and O–H groups in total. The molecule has 0 saturated heterocycles. The second-order valence-electron chi connectivity index (χ2n) is 5.21. The van der Waals surface area contributed by atoms with Gasteiger partial charge in [-0.1, -0.05) is 17.7 Å². The summed E-state index contributed by atoms with van der Waals surface area (Å²) in [6.07, 6.45) is 1.85. The number of ether oxygens (including phenoxy) is 3. The second-order valence-corrected chi connectivity index (χ2v) is 5.21. The summed E-state index contributed by atoms with van der Waals surface area (Å²) in [5.41, 5.74) is 1.18. The van der Waals surface area contributed by atoms with Crippen molar-refractivity contribution in [3.05, 3.63) is 29.8 Å². The van der Waals surface area contributed by atoms with Gasteiger partial charge in [0.2, 0.25) is 0 Å². The van der Waals surface area contributed by atoms with E-state index in [0.717, 1.165) is 12.2 Å². The molecule has 0 radical (unpaired) electrons. The monoisotopic (exact) mass is 322 g/mol. The Morgan fingerprint density at radius 2 is 1.52 bits per heavy atom. The van der Waals surface area contributed by atoms with Crippen LogP contribution in [0.25, 0.3) is 0 Å². The molecular formula is C18H26O5. The van der Waals surface area contributed by atoms with E-state index in [0.29, 0.717) is 19.4 Å². The summed E-state index contributed by atoms with van der Waals surface area (Å²) in [7, 11) is 0. The molecule has 128 valence electrons. The Kier molecular flexibility index (Phi) is 8.80. The molecule has 0 fully saturated rings. The van der Waals surface area contributed by atoms with Gasteiger partial charge in [0.15, 0.2) is 5.92 Å². The minimum absolute atomic E-state index is 0.255. The number of esters is 2. The molecule has 0 aromatic heterocycles. The van der Waals surface area contributed by atoms with Crippen molar-refractivity contribution >= 4 is 11.9 Å². The summed E-state index contributed by atoms with van der Waals surface area (Å²) in [5.74, 6) is -1.03. The molecule has 0 saturated carbocycles. The number of hydrogen-bond acceptors (Lipinski definition) is 5. The van der Waals surface area contributed by atoms with Crippen LogP contribution in [-0.2, 0) is 19.1 Å². The Hall–Kier alpha value is -2.04. The van der Waals surface area contributed by atoms with Crippen LogP contribution in [0.4, 0.5) is 0 Å². The zero-order valence-corrected chi connectivity index (χ0v) is 14.2. The number of aryl methyl sites for hydroxylation is 1. The molecule has 0 heterocycles. The highest BCUT2D eigenvalue weighted by Gasteiger charge is 2.28. The first-order valence-electron chi connectivity index (χ1n) is 8.11. The molecule has 5 heteroatoms. The molecule has 0 spiro atoms. The minimum Gasteiger partial charge on any atom is -0.494 e. The van der Waals surface area contributed by atoms with Crippen LogP contribution >= 0.6 is 0 Å². The van der Waals surface area contributed by atoms with Crippen LogP contribution in [0.1, 0.15) is 38.7 Å². The van der Waals surface area contributed by atoms with Crippen LogP contribution in [0.2, 0.25) is 0 Å². The first kappa shape index (κ1) is 19.0. The number of unbranched alkanes of at least 4 members (excludes halogenated alkanes) is 1. The third-order valence-electron chi connectivity index (χ3n) is 3.32. The summed E-state index contributed by atoms with van der Waals surface area (Å²) in [6.45, 7) is 6.51. The van der Waals surface area contributed by atoms with E-state index in [2.05, 4.69) is 0 Å². The molecule has 0 aliphatic rings. The van der Waals surface area contributed by atoms with Gasteiger partial charge < -0.3 is 14.2 Å². The quantitative estimate of drug-likeness (QED) is 0.376. The highest BCUT2D eigenvalue weighted by molar-refractivity contribution is 5.94. The van der Waals surface area contributed by atoms with Crippen molar-refractivity contribution in [3.63, 3.8) is 0 Å². The third kappa shape index (κ3) is 7.17. The molecule has 0 bridgehead atoms. The van der Waals surface area contributed by atoms with Crippen molar-refractivity contribution in [2.45, 2.75) is 40.0 Å². The van der Waals surface area contributed by atoms with Crippen molar-refractivity contribution in [3.8, 4) is 5.75 Å². The van der Waals surface area contributed by atoms with E-state index in [1.165, 1.54) is 5.56 Å². The molecule has 0 aliphatic carbocycles. The maximum Gasteiger partial charge on any atom is 0.320 e. The Morgan fingerprint density at radius 1 is 0.957 bits per heavy atom. The molecule has 1 aromatic rings. The van der Waals surface area contributed by atoms with E-state index < -0.39 is 17.9 Å². The first-order valence-corrected chi connectivity index (χ1v) is 8.11. The summed E-state index contributed by atoms with van der Waals surface area (Å²) in [4.78, 5) is 23.6. The van der Waals surface area contributed by atoms with Crippen molar-refractivity contribution in [2.24, 2.45) is 5.92 Å². The molecule has 0 unspecified atom stereocenters. The highest BCUT2D eigenvalue weighted by atomic mass is 16.6. The van der Waals surface area contributed by atoms with Gasteiger partial charge >= 0.3 is 11.9 Å². The van der Waals surface area contributed by atoms with Gasteiger partial charge in [0.25, 0.3) is 0 Å². The van der Waals surface area contributed by atoms with Gasteiger partial charge in [0.05, 0.1) is 19.8 Å². The maximum atomic E-state index is 11.8. The topological polar surface area (TPSA) is 61.8 Å². The van der Waals surface area contributed by atoms with E-state index in [1.807, 2.05) is 31.2 Å².